The van der Waals surface area contributed by atoms with E-state index in [1.807, 2.05) is 31.2 Å². The third-order valence-electron chi connectivity index (χ3n) is 7.86. The number of anilines is 1. The minimum Gasteiger partial charge on any atom is -0.445 e. The van der Waals surface area contributed by atoms with Gasteiger partial charge in [-0.1, -0.05) is 56.7 Å². The van der Waals surface area contributed by atoms with Gasteiger partial charge in [0.15, 0.2) is 0 Å². The molecule has 0 aromatic heterocycles. The first-order valence-corrected chi connectivity index (χ1v) is 11.6. The van der Waals surface area contributed by atoms with E-state index in [4.69, 9.17) is 9.47 Å². The smallest absolute Gasteiger partial charge is 0.411 e. The Bertz CT molecular complexity index is 1020. The van der Waals surface area contributed by atoms with Crippen molar-refractivity contribution < 1.29 is 14.3 Å². The number of aryl methyl sites for hydroxylation is 1. The number of ether oxygens (including phenoxy) is 2. The van der Waals surface area contributed by atoms with Gasteiger partial charge in [-0.3, -0.25) is 5.32 Å². The van der Waals surface area contributed by atoms with Gasteiger partial charge in [0, 0.05) is 12.1 Å². The first-order valence-electron chi connectivity index (χ1n) is 11.6. The van der Waals surface area contributed by atoms with Gasteiger partial charge < -0.3 is 9.47 Å². The molecule has 1 saturated heterocycles. The van der Waals surface area contributed by atoms with Crippen LogP contribution in [0.5, 0.6) is 0 Å². The lowest BCUT2D eigenvalue weighted by molar-refractivity contribution is 0.170. The number of fused-ring (bicyclic) bond motifs is 2. The molecule has 1 amide bonds. The molecule has 2 fully saturated rings. The first-order chi connectivity index (χ1) is 14.8. The van der Waals surface area contributed by atoms with Crippen LogP contribution in [-0.4, -0.2) is 24.4 Å². The van der Waals surface area contributed by atoms with Crippen LogP contribution in [-0.2, 0) is 9.47 Å². The summed E-state index contributed by atoms with van der Waals surface area (Å²) in [5.41, 5.74) is 7.70. The highest BCUT2D eigenvalue weighted by molar-refractivity contribution is 5.85. The van der Waals surface area contributed by atoms with Crippen molar-refractivity contribution >= 4 is 11.8 Å². The number of rotatable bonds is 4. The van der Waals surface area contributed by atoms with Crippen LogP contribution in [0.15, 0.2) is 58.7 Å². The van der Waals surface area contributed by atoms with Gasteiger partial charge in [-0.05, 0) is 72.3 Å². The Morgan fingerprint density at radius 2 is 2.03 bits per heavy atom. The van der Waals surface area contributed by atoms with Crippen molar-refractivity contribution in [1.82, 2.24) is 0 Å². The highest BCUT2D eigenvalue weighted by Gasteiger charge is 2.64. The molecular weight excluding hydrogens is 386 g/mol. The van der Waals surface area contributed by atoms with Gasteiger partial charge in [-0.25, -0.2) is 4.79 Å². The Kier molecular flexibility index (Phi) is 4.89. The number of hydrogen-bond donors (Lipinski definition) is 1. The number of epoxide rings is 1. The third-order valence-corrected chi connectivity index (χ3v) is 7.86. The Balaban J connectivity index is 1.34. The molecule has 1 N–H and O–H groups in total. The van der Waals surface area contributed by atoms with E-state index >= 15 is 0 Å². The van der Waals surface area contributed by atoms with Crippen molar-refractivity contribution in [1.29, 1.82) is 0 Å². The van der Waals surface area contributed by atoms with E-state index in [1.165, 1.54) is 24.8 Å². The molecule has 1 unspecified atom stereocenters. The predicted octanol–water partition coefficient (Wildman–Crippen LogP) is 6.48. The third kappa shape index (κ3) is 3.45. The summed E-state index contributed by atoms with van der Waals surface area (Å²) in [4.78, 5) is 12.3. The maximum Gasteiger partial charge on any atom is 0.411 e. The van der Waals surface area contributed by atoms with E-state index in [2.05, 4.69) is 38.2 Å². The van der Waals surface area contributed by atoms with Gasteiger partial charge in [-0.15, -0.1) is 0 Å². The Hall–Kier alpha value is -2.33. The van der Waals surface area contributed by atoms with Crippen molar-refractivity contribution in [2.24, 2.45) is 11.3 Å². The number of amides is 1. The molecule has 164 valence electrons. The molecule has 1 aliphatic heterocycles. The lowest BCUT2D eigenvalue weighted by atomic mass is 9.64. The Morgan fingerprint density at radius 1 is 1.23 bits per heavy atom. The summed E-state index contributed by atoms with van der Waals surface area (Å²) in [6.45, 7) is 9.35. The fourth-order valence-corrected chi connectivity index (χ4v) is 5.92. The molecule has 3 atom stereocenters. The summed E-state index contributed by atoms with van der Waals surface area (Å²) in [6.07, 6.45) is 9.87. The molecule has 1 spiro atoms. The monoisotopic (exact) mass is 419 g/mol. The summed E-state index contributed by atoms with van der Waals surface area (Å²) >= 11 is 0. The zero-order chi connectivity index (χ0) is 21.8. The molecule has 1 aromatic rings. The quantitative estimate of drug-likeness (QED) is 0.568. The maximum absolute atomic E-state index is 12.3. The average Bonchev–Trinajstić information content (AvgIpc) is 3.33. The van der Waals surface area contributed by atoms with Crippen LogP contribution in [0.1, 0.15) is 58.4 Å². The molecule has 1 saturated carbocycles. The number of hydrogen-bond acceptors (Lipinski definition) is 3. The maximum atomic E-state index is 12.3. The molecule has 1 heterocycles. The fourth-order valence-electron chi connectivity index (χ4n) is 5.92. The number of benzene rings is 1. The van der Waals surface area contributed by atoms with Gasteiger partial charge >= 0.3 is 6.09 Å². The lowest BCUT2D eigenvalue weighted by Gasteiger charge is -2.39. The molecule has 1 aromatic carbocycles. The molecule has 3 aliphatic carbocycles. The van der Waals surface area contributed by atoms with Crippen LogP contribution in [0.4, 0.5) is 10.5 Å². The molecule has 0 bridgehead atoms. The zero-order valence-corrected chi connectivity index (χ0v) is 19.1. The predicted molar refractivity (Wildman–Crippen MR) is 123 cm³/mol. The molecule has 4 heteroatoms. The molecule has 0 radical (unpaired) electrons. The van der Waals surface area contributed by atoms with Crippen molar-refractivity contribution in [3.05, 3.63) is 64.3 Å². The topological polar surface area (TPSA) is 50.9 Å². The van der Waals surface area contributed by atoms with E-state index < -0.39 is 6.09 Å². The summed E-state index contributed by atoms with van der Waals surface area (Å²) in [6, 6.07) is 7.72. The SMILES string of the molecule is Cc1ccccc1NC(=O)OCC1=CC=C2C3=C(C(C)C)CC[C@]3(C)CC[C@]23OC3C1. The van der Waals surface area contributed by atoms with Crippen LogP contribution in [0, 0.1) is 18.3 Å². The summed E-state index contributed by atoms with van der Waals surface area (Å²) < 4.78 is 11.9. The first kappa shape index (κ1) is 20.6. The standard InChI is InChI=1S/C27H33NO3/c1-17(2)20-11-12-26(4)13-14-27-21(24(20)26)10-9-19(15-23(27)31-27)16-30-25(29)28-22-8-6-5-7-18(22)3/h5-10,17,23H,11-16H2,1-4H3,(H,28,29)/t23?,26-,27+/m1/s1. The molecular formula is C27H33NO3. The molecule has 5 rings (SSSR count). The van der Waals surface area contributed by atoms with Crippen molar-refractivity contribution in [3.63, 3.8) is 0 Å². The van der Waals surface area contributed by atoms with Crippen LogP contribution in [0.3, 0.4) is 0 Å². The van der Waals surface area contributed by atoms with Crippen molar-refractivity contribution in [3.8, 4) is 0 Å². The number of nitrogens with one attached hydrogen (secondary N) is 1. The number of para-hydroxylation sites is 1. The van der Waals surface area contributed by atoms with Crippen LogP contribution < -0.4 is 5.32 Å². The van der Waals surface area contributed by atoms with Gasteiger partial charge in [0.1, 0.15) is 12.2 Å². The van der Waals surface area contributed by atoms with Gasteiger partial charge in [0.05, 0.1) is 6.10 Å². The summed E-state index contributed by atoms with van der Waals surface area (Å²) in [5, 5.41) is 2.85. The van der Waals surface area contributed by atoms with E-state index in [1.54, 1.807) is 11.1 Å². The molecule has 31 heavy (non-hydrogen) atoms. The highest BCUT2D eigenvalue weighted by Crippen LogP contribution is 2.65. The van der Waals surface area contributed by atoms with Crippen LogP contribution >= 0.6 is 0 Å². The van der Waals surface area contributed by atoms with E-state index in [0.717, 1.165) is 29.7 Å². The molecule has 4 aliphatic rings. The van der Waals surface area contributed by atoms with Gasteiger partial charge in [0.2, 0.25) is 0 Å². The van der Waals surface area contributed by atoms with E-state index in [-0.39, 0.29) is 17.1 Å². The van der Waals surface area contributed by atoms with E-state index in [9.17, 15) is 4.79 Å². The largest absolute Gasteiger partial charge is 0.445 e. The van der Waals surface area contributed by atoms with Gasteiger partial charge in [0.25, 0.3) is 0 Å². The fraction of sp³-hybridized carbons (Fsp3) is 0.519. The van der Waals surface area contributed by atoms with Crippen LogP contribution in [0.25, 0.3) is 0 Å². The van der Waals surface area contributed by atoms with Crippen LogP contribution in [0.2, 0.25) is 0 Å². The number of carbonyl (C=O) groups is 1. The summed E-state index contributed by atoms with van der Waals surface area (Å²) in [5.74, 6) is 0.574. The number of carbonyl (C=O) groups excluding carboxylic acids is 1. The van der Waals surface area contributed by atoms with Crippen molar-refractivity contribution in [2.45, 2.75) is 71.5 Å². The zero-order valence-electron chi connectivity index (χ0n) is 19.1. The second-order valence-electron chi connectivity index (χ2n) is 10.2. The lowest BCUT2D eigenvalue weighted by Crippen LogP contribution is -2.34. The Morgan fingerprint density at radius 3 is 2.81 bits per heavy atom. The molecule has 4 nitrogen and oxygen atoms in total. The van der Waals surface area contributed by atoms with E-state index in [0.29, 0.717) is 12.5 Å². The Labute approximate surface area is 185 Å². The van der Waals surface area contributed by atoms with Crippen molar-refractivity contribution in [2.75, 3.05) is 11.9 Å². The highest BCUT2D eigenvalue weighted by atomic mass is 16.6. The van der Waals surface area contributed by atoms with Gasteiger partial charge in [-0.2, -0.15) is 0 Å². The second-order valence-corrected chi connectivity index (χ2v) is 10.2. The minimum atomic E-state index is -0.413. The second kappa shape index (κ2) is 7.37. The average molecular weight is 420 g/mol. The number of allylic oxidation sites excluding steroid dienone is 3. The normalized spacial score (nSPS) is 31.2. The summed E-state index contributed by atoms with van der Waals surface area (Å²) in [7, 11) is 0. The minimum absolute atomic E-state index is 0.110.